The fourth-order valence-electron chi connectivity index (χ4n) is 2.62. The summed E-state index contributed by atoms with van der Waals surface area (Å²) in [6, 6.07) is 8.12. The number of aliphatic hydroxyl groups is 1. The maximum atomic E-state index is 9.31. The van der Waals surface area contributed by atoms with Crippen molar-refractivity contribution in [3.63, 3.8) is 0 Å². The van der Waals surface area contributed by atoms with Crippen LogP contribution in [-0.4, -0.2) is 29.2 Å². The fourth-order valence-corrected chi connectivity index (χ4v) is 2.74. The number of halogens is 1. The van der Waals surface area contributed by atoms with E-state index in [0.717, 1.165) is 36.9 Å². The number of benzene rings is 1. The Labute approximate surface area is 115 Å². The molecule has 1 aromatic rings. The fraction of sp³-hybridized carbons (Fsp3) is 0.600. The predicted molar refractivity (Wildman–Crippen MR) is 75.8 cm³/mol. The molecular formula is C15H22ClNO. The molecule has 2 atom stereocenters. The van der Waals surface area contributed by atoms with Crippen LogP contribution in [0.15, 0.2) is 24.3 Å². The molecule has 1 aromatic carbocycles. The van der Waals surface area contributed by atoms with E-state index < -0.39 is 0 Å². The highest BCUT2D eigenvalue weighted by Crippen LogP contribution is 2.23. The summed E-state index contributed by atoms with van der Waals surface area (Å²) < 4.78 is 0. The van der Waals surface area contributed by atoms with Crippen molar-refractivity contribution in [2.75, 3.05) is 13.1 Å². The summed E-state index contributed by atoms with van der Waals surface area (Å²) in [7, 11) is 0. The monoisotopic (exact) mass is 267 g/mol. The Morgan fingerprint density at radius 2 is 2.11 bits per heavy atom. The lowest BCUT2D eigenvalue weighted by molar-refractivity contribution is 0.173. The van der Waals surface area contributed by atoms with Gasteiger partial charge in [0.2, 0.25) is 0 Å². The summed E-state index contributed by atoms with van der Waals surface area (Å²) in [5.41, 5.74) is 1.33. The second kappa shape index (κ2) is 6.55. The number of nitrogens with zero attached hydrogens (tertiary/aromatic N) is 1. The Morgan fingerprint density at radius 3 is 2.78 bits per heavy atom. The van der Waals surface area contributed by atoms with E-state index in [1.54, 1.807) is 0 Å². The first-order valence-electron chi connectivity index (χ1n) is 6.78. The van der Waals surface area contributed by atoms with Gasteiger partial charge in [0, 0.05) is 18.1 Å². The van der Waals surface area contributed by atoms with Gasteiger partial charge >= 0.3 is 0 Å². The highest BCUT2D eigenvalue weighted by atomic mass is 35.5. The van der Waals surface area contributed by atoms with Crippen molar-refractivity contribution < 1.29 is 5.11 Å². The molecule has 1 aliphatic heterocycles. The van der Waals surface area contributed by atoms with Crippen LogP contribution in [-0.2, 0) is 6.54 Å². The highest BCUT2D eigenvalue weighted by molar-refractivity contribution is 6.30. The molecule has 2 nitrogen and oxygen atoms in total. The molecule has 100 valence electrons. The number of likely N-dealkylation sites (tertiary alicyclic amines) is 1. The summed E-state index contributed by atoms with van der Waals surface area (Å²) in [5.74, 6) is 0.756. The van der Waals surface area contributed by atoms with Crippen molar-refractivity contribution in [1.82, 2.24) is 4.90 Å². The summed E-state index contributed by atoms with van der Waals surface area (Å²) >= 11 is 5.89. The molecule has 18 heavy (non-hydrogen) atoms. The molecule has 0 amide bonds. The Bertz CT molecular complexity index is 363. The first-order valence-corrected chi connectivity index (χ1v) is 7.16. The molecule has 2 unspecified atom stereocenters. The minimum atomic E-state index is -0.157. The molecule has 1 N–H and O–H groups in total. The molecule has 0 saturated carbocycles. The lowest BCUT2D eigenvalue weighted by Gasteiger charge is -2.16. The van der Waals surface area contributed by atoms with Gasteiger partial charge in [-0.25, -0.2) is 0 Å². The van der Waals surface area contributed by atoms with Crippen LogP contribution in [0.3, 0.4) is 0 Å². The van der Waals surface area contributed by atoms with Crippen molar-refractivity contribution in [2.45, 2.75) is 38.8 Å². The molecule has 1 saturated heterocycles. The van der Waals surface area contributed by atoms with Gasteiger partial charge < -0.3 is 5.11 Å². The molecule has 0 radical (unpaired) electrons. The van der Waals surface area contributed by atoms with Gasteiger partial charge in [-0.05, 0) is 56.3 Å². The zero-order chi connectivity index (χ0) is 13.0. The van der Waals surface area contributed by atoms with E-state index in [-0.39, 0.29) is 6.10 Å². The minimum Gasteiger partial charge on any atom is -0.393 e. The van der Waals surface area contributed by atoms with Crippen LogP contribution >= 0.6 is 11.6 Å². The van der Waals surface area contributed by atoms with Crippen LogP contribution in [0.5, 0.6) is 0 Å². The van der Waals surface area contributed by atoms with Crippen LogP contribution in [0.4, 0.5) is 0 Å². The van der Waals surface area contributed by atoms with Crippen molar-refractivity contribution in [2.24, 2.45) is 5.92 Å². The Balaban J connectivity index is 1.77. The Hall–Kier alpha value is -0.570. The Morgan fingerprint density at radius 1 is 1.39 bits per heavy atom. The summed E-state index contributed by atoms with van der Waals surface area (Å²) in [5, 5.41) is 10.1. The van der Waals surface area contributed by atoms with E-state index in [1.807, 2.05) is 19.1 Å². The van der Waals surface area contributed by atoms with E-state index in [2.05, 4.69) is 17.0 Å². The van der Waals surface area contributed by atoms with Gasteiger partial charge in [-0.15, -0.1) is 0 Å². The smallest absolute Gasteiger partial charge is 0.0512 e. The van der Waals surface area contributed by atoms with E-state index in [9.17, 15) is 5.11 Å². The molecule has 1 heterocycles. The lowest BCUT2D eigenvalue weighted by atomic mass is 10.0. The van der Waals surface area contributed by atoms with Crippen molar-refractivity contribution in [3.05, 3.63) is 34.9 Å². The third kappa shape index (κ3) is 4.27. The summed E-state index contributed by atoms with van der Waals surface area (Å²) in [6.07, 6.45) is 3.18. The second-order valence-electron chi connectivity index (χ2n) is 5.44. The van der Waals surface area contributed by atoms with E-state index in [4.69, 9.17) is 11.6 Å². The van der Waals surface area contributed by atoms with Crippen molar-refractivity contribution in [1.29, 1.82) is 0 Å². The molecule has 0 aliphatic carbocycles. The zero-order valence-corrected chi connectivity index (χ0v) is 11.7. The maximum Gasteiger partial charge on any atom is 0.0512 e. The SMILES string of the molecule is CC(O)CCC1CCN(Cc2ccc(Cl)cc2)C1. The number of aliphatic hydroxyl groups excluding tert-OH is 1. The molecule has 3 heteroatoms. The zero-order valence-electron chi connectivity index (χ0n) is 11.0. The number of rotatable bonds is 5. The molecule has 0 bridgehead atoms. The van der Waals surface area contributed by atoms with E-state index >= 15 is 0 Å². The van der Waals surface area contributed by atoms with Gasteiger partial charge in [0.15, 0.2) is 0 Å². The molecule has 0 spiro atoms. The first-order chi connectivity index (χ1) is 8.63. The molecule has 0 aromatic heterocycles. The second-order valence-corrected chi connectivity index (χ2v) is 5.88. The topological polar surface area (TPSA) is 23.5 Å². The average molecular weight is 268 g/mol. The van der Waals surface area contributed by atoms with Gasteiger partial charge in [0.25, 0.3) is 0 Å². The lowest BCUT2D eigenvalue weighted by Crippen LogP contribution is -2.20. The molecule has 2 rings (SSSR count). The minimum absolute atomic E-state index is 0.157. The van der Waals surface area contributed by atoms with E-state index in [1.165, 1.54) is 18.5 Å². The average Bonchev–Trinajstić information content (AvgIpc) is 2.77. The highest BCUT2D eigenvalue weighted by Gasteiger charge is 2.22. The predicted octanol–water partition coefficient (Wildman–Crippen LogP) is 3.32. The third-order valence-corrected chi connectivity index (χ3v) is 3.93. The van der Waals surface area contributed by atoms with Crippen LogP contribution in [0.25, 0.3) is 0 Å². The van der Waals surface area contributed by atoms with Gasteiger partial charge in [-0.2, -0.15) is 0 Å². The summed E-state index contributed by atoms with van der Waals surface area (Å²) in [4.78, 5) is 2.50. The molecule has 1 fully saturated rings. The van der Waals surface area contributed by atoms with E-state index in [0.29, 0.717) is 0 Å². The van der Waals surface area contributed by atoms with Crippen LogP contribution < -0.4 is 0 Å². The number of hydrogen-bond donors (Lipinski definition) is 1. The number of hydrogen-bond acceptors (Lipinski definition) is 2. The standard InChI is InChI=1S/C15H22ClNO/c1-12(18)2-3-14-8-9-17(11-14)10-13-4-6-15(16)7-5-13/h4-7,12,14,18H,2-3,8-11H2,1H3. The molecular weight excluding hydrogens is 246 g/mol. The van der Waals surface area contributed by atoms with Gasteiger partial charge in [-0.1, -0.05) is 23.7 Å². The largest absolute Gasteiger partial charge is 0.393 e. The maximum absolute atomic E-state index is 9.31. The third-order valence-electron chi connectivity index (χ3n) is 3.68. The van der Waals surface area contributed by atoms with Gasteiger partial charge in [0.05, 0.1) is 6.10 Å². The Kier molecular flexibility index (Phi) is 5.04. The first kappa shape index (κ1) is 13.9. The molecule has 1 aliphatic rings. The quantitative estimate of drug-likeness (QED) is 0.885. The van der Waals surface area contributed by atoms with Gasteiger partial charge in [0.1, 0.15) is 0 Å². The van der Waals surface area contributed by atoms with Gasteiger partial charge in [-0.3, -0.25) is 4.90 Å². The van der Waals surface area contributed by atoms with Crippen molar-refractivity contribution >= 4 is 11.6 Å². The van der Waals surface area contributed by atoms with Crippen LogP contribution in [0.2, 0.25) is 5.02 Å². The summed E-state index contributed by atoms with van der Waals surface area (Å²) in [6.45, 7) is 5.23. The van der Waals surface area contributed by atoms with Crippen LogP contribution in [0, 0.1) is 5.92 Å². The normalized spacial score (nSPS) is 22.3. The van der Waals surface area contributed by atoms with Crippen LogP contribution in [0.1, 0.15) is 31.7 Å². The van der Waals surface area contributed by atoms with Crippen molar-refractivity contribution in [3.8, 4) is 0 Å².